The van der Waals surface area contributed by atoms with Crippen LogP contribution in [0.1, 0.15) is 17.7 Å². The third-order valence-corrected chi connectivity index (χ3v) is 4.60. The molecule has 0 saturated heterocycles. The van der Waals surface area contributed by atoms with Gasteiger partial charge in [-0.25, -0.2) is 9.97 Å². The maximum Gasteiger partial charge on any atom is 0.269 e. The molecule has 0 bridgehead atoms. The van der Waals surface area contributed by atoms with Crippen LogP contribution in [0.2, 0.25) is 0 Å². The SMILES string of the molecule is C[C@H](Sc1nc2ncc(Br)cc2[nH]1)c1cccc([N+](=O)[O-])c1. The molecule has 0 saturated carbocycles. The van der Waals surface area contributed by atoms with E-state index in [2.05, 4.69) is 30.9 Å². The Morgan fingerprint density at radius 2 is 2.23 bits per heavy atom. The number of rotatable bonds is 4. The molecule has 0 fully saturated rings. The Morgan fingerprint density at radius 3 is 3.00 bits per heavy atom. The van der Waals surface area contributed by atoms with Crippen LogP contribution >= 0.6 is 27.7 Å². The fraction of sp³-hybridized carbons (Fsp3) is 0.143. The third-order valence-electron chi connectivity index (χ3n) is 3.12. The average Bonchev–Trinajstić information content (AvgIpc) is 2.88. The lowest BCUT2D eigenvalue weighted by atomic mass is 10.1. The van der Waals surface area contributed by atoms with Crippen molar-refractivity contribution in [1.82, 2.24) is 15.0 Å². The number of fused-ring (bicyclic) bond motifs is 1. The number of aromatic nitrogens is 3. The zero-order chi connectivity index (χ0) is 15.7. The largest absolute Gasteiger partial charge is 0.331 e. The molecule has 22 heavy (non-hydrogen) atoms. The second-order valence-corrected chi connectivity index (χ2v) is 6.92. The number of H-pyrrole nitrogens is 1. The third kappa shape index (κ3) is 3.12. The van der Waals surface area contributed by atoms with Gasteiger partial charge in [-0.2, -0.15) is 0 Å². The van der Waals surface area contributed by atoms with Gasteiger partial charge in [0.1, 0.15) is 0 Å². The Balaban J connectivity index is 1.84. The summed E-state index contributed by atoms with van der Waals surface area (Å²) in [7, 11) is 0. The van der Waals surface area contributed by atoms with Gasteiger partial charge in [0.15, 0.2) is 10.8 Å². The van der Waals surface area contributed by atoms with Gasteiger partial charge in [-0.05, 0) is 34.5 Å². The van der Waals surface area contributed by atoms with Crippen LogP contribution in [0.3, 0.4) is 0 Å². The van der Waals surface area contributed by atoms with Crippen LogP contribution in [0.25, 0.3) is 11.2 Å². The summed E-state index contributed by atoms with van der Waals surface area (Å²) in [6.07, 6.45) is 1.70. The smallest absolute Gasteiger partial charge is 0.269 e. The normalized spacial score (nSPS) is 12.5. The first-order valence-electron chi connectivity index (χ1n) is 6.45. The number of benzene rings is 1. The van der Waals surface area contributed by atoms with E-state index in [-0.39, 0.29) is 15.9 Å². The first kappa shape index (κ1) is 15.0. The number of nitrogens with zero attached hydrogens (tertiary/aromatic N) is 3. The summed E-state index contributed by atoms with van der Waals surface area (Å²) >= 11 is 4.87. The highest BCUT2D eigenvalue weighted by molar-refractivity contribution is 9.10. The van der Waals surface area contributed by atoms with E-state index in [1.165, 1.54) is 17.8 Å². The van der Waals surface area contributed by atoms with Crippen LogP contribution in [0.15, 0.2) is 46.2 Å². The second kappa shape index (κ2) is 6.05. The molecule has 0 amide bonds. The Bertz CT molecular complexity index is 852. The minimum atomic E-state index is -0.385. The van der Waals surface area contributed by atoms with Crippen molar-refractivity contribution < 1.29 is 4.92 Å². The molecule has 3 aromatic rings. The van der Waals surface area contributed by atoms with Crippen LogP contribution in [0, 0.1) is 10.1 Å². The predicted octanol–water partition coefficient (Wildman–Crippen LogP) is 4.48. The zero-order valence-corrected chi connectivity index (χ0v) is 13.9. The van der Waals surface area contributed by atoms with E-state index in [1.807, 2.05) is 19.1 Å². The van der Waals surface area contributed by atoms with Gasteiger partial charge in [-0.1, -0.05) is 23.9 Å². The molecular formula is C14H11BrN4O2S. The number of halogens is 1. The van der Waals surface area contributed by atoms with Crippen LogP contribution in [-0.4, -0.2) is 19.9 Å². The summed E-state index contributed by atoms with van der Waals surface area (Å²) in [5.74, 6) is 0. The number of imidazole rings is 1. The zero-order valence-electron chi connectivity index (χ0n) is 11.5. The number of non-ortho nitro benzene ring substituents is 1. The molecule has 0 aliphatic heterocycles. The number of hydrogen-bond acceptors (Lipinski definition) is 5. The average molecular weight is 379 g/mol. The van der Waals surface area contributed by atoms with E-state index in [0.29, 0.717) is 5.65 Å². The fourth-order valence-electron chi connectivity index (χ4n) is 2.04. The monoisotopic (exact) mass is 378 g/mol. The summed E-state index contributed by atoms with van der Waals surface area (Å²) in [5, 5.41) is 11.6. The Kier molecular flexibility index (Phi) is 4.12. The highest BCUT2D eigenvalue weighted by Crippen LogP contribution is 2.35. The van der Waals surface area contributed by atoms with Gasteiger partial charge in [0.05, 0.1) is 10.4 Å². The van der Waals surface area contributed by atoms with E-state index in [4.69, 9.17) is 0 Å². The number of nitrogens with one attached hydrogen (secondary N) is 1. The van der Waals surface area contributed by atoms with Crippen LogP contribution < -0.4 is 0 Å². The molecule has 8 heteroatoms. The highest BCUT2D eigenvalue weighted by Gasteiger charge is 2.14. The molecule has 3 rings (SSSR count). The van der Waals surface area contributed by atoms with Crippen molar-refractivity contribution in [3.63, 3.8) is 0 Å². The van der Waals surface area contributed by atoms with Gasteiger partial charge >= 0.3 is 0 Å². The molecule has 112 valence electrons. The molecule has 0 unspecified atom stereocenters. The Labute approximate surface area is 138 Å². The molecule has 0 aliphatic carbocycles. The topological polar surface area (TPSA) is 84.7 Å². The van der Waals surface area contributed by atoms with Gasteiger partial charge in [0, 0.05) is 28.1 Å². The standard InChI is InChI=1S/C14H11BrN4O2S/c1-8(9-3-2-4-11(5-9)19(20)21)22-14-17-12-6-10(15)7-16-13(12)18-14/h2-8H,1H3,(H,16,17,18)/t8-/m0/s1. The minimum Gasteiger partial charge on any atom is -0.331 e. The fourth-order valence-corrected chi connectivity index (χ4v) is 3.29. The number of aromatic amines is 1. The second-order valence-electron chi connectivity index (χ2n) is 4.68. The van der Waals surface area contributed by atoms with E-state index < -0.39 is 0 Å². The van der Waals surface area contributed by atoms with E-state index in [9.17, 15) is 10.1 Å². The van der Waals surface area contributed by atoms with Crippen molar-refractivity contribution in [2.75, 3.05) is 0 Å². The number of nitro benzene ring substituents is 1. The Morgan fingerprint density at radius 1 is 1.41 bits per heavy atom. The molecular weight excluding hydrogens is 368 g/mol. The molecule has 0 spiro atoms. The summed E-state index contributed by atoms with van der Waals surface area (Å²) in [5.41, 5.74) is 2.48. The number of pyridine rings is 1. The summed E-state index contributed by atoms with van der Waals surface area (Å²) < 4.78 is 0.881. The summed E-state index contributed by atoms with van der Waals surface area (Å²) in [4.78, 5) is 22.3. The van der Waals surface area contributed by atoms with E-state index in [0.717, 1.165) is 20.7 Å². The summed E-state index contributed by atoms with van der Waals surface area (Å²) in [6.45, 7) is 1.99. The molecule has 0 radical (unpaired) electrons. The summed E-state index contributed by atoms with van der Waals surface area (Å²) in [6, 6.07) is 8.57. The van der Waals surface area contributed by atoms with Crippen LogP contribution in [-0.2, 0) is 0 Å². The van der Waals surface area contributed by atoms with Crippen LogP contribution in [0.5, 0.6) is 0 Å². The molecule has 1 atom stereocenters. The van der Waals surface area contributed by atoms with Crippen molar-refractivity contribution >= 4 is 44.5 Å². The van der Waals surface area contributed by atoms with Crippen molar-refractivity contribution in [3.05, 3.63) is 56.7 Å². The molecule has 1 aromatic carbocycles. The van der Waals surface area contributed by atoms with Crippen molar-refractivity contribution in [2.24, 2.45) is 0 Å². The first-order chi connectivity index (χ1) is 10.5. The highest BCUT2D eigenvalue weighted by atomic mass is 79.9. The predicted molar refractivity (Wildman–Crippen MR) is 89.0 cm³/mol. The number of hydrogen-bond donors (Lipinski definition) is 1. The molecule has 2 heterocycles. The molecule has 6 nitrogen and oxygen atoms in total. The maximum atomic E-state index is 10.9. The lowest BCUT2D eigenvalue weighted by Crippen LogP contribution is -1.93. The van der Waals surface area contributed by atoms with Gasteiger partial charge < -0.3 is 4.98 Å². The minimum absolute atomic E-state index is 0.0314. The van der Waals surface area contributed by atoms with Crippen molar-refractivity contribution in [2.45, 2.75) is 17.3 Å². The van der Waals surface area contributed by atoms with Crippen LogP contribution in [0.4, 0.5) is 5.69 Å². The number of nitro groups is 1. The van der Waals surface area contributed by atoms with Gasteiger partial charge in [-0.15, -0.1) is 0 Å². The number of thioether (sulfide) groups is 1. The van der Waals surface area contributed by atoms with Crippen molar-refractivity contribution in [1.29, 1.82) is 0 Å². The van der Waals surface area contributed by atoms with Crippen molar-refractivity contribution in [3.8, 4) is 0 Å². The van der Waals surface area contributed by atoms with E-state index in [1.54, 1.807) is 18.3 Å². The lowest BCUT2D eigenvalue weighted by Gasteiger charge is -2.09. The first-order valence-corrected chi connectivity index (χ1v) is 8.12. The lowest BCUT2D eigenvalue weighted by molar-refractivity contribution is -0.384. The Hall–Kier alpha value is -1.93. The quantitative estimate of drug-likeness (QED) is 0.410. The molecule has 0 aliphatic rings. The van der Waals surface area contributed by atoms with Gasteiger partial charge in [-0.3, -0.25) is 10.1 Å². The van der Waals surface area contributed by atoms with Gasteiger partial charge in [0.25, 0.3) is 5.69 Å². The maximum absolute atomic E-state index is 10.9. The van der Waals surface area contributed by atoms with Gasteiger partial charge in [0.2, 0.25) is 0 Å². The molecule has 2 aromatic heterocycles. The molecule has 1 N–H and O–H groups in total. The van der Waals surface area contributed by atoms with E-state index >= 15 is 0 Å².